The molecule has 0 saturated heterocycles. The van der Waals surface area contributed by atoms with E-state index in [-0.39, 0.29) is 21.9 Å². The number of amides is 1. The van der Waals surface area contributed by atoms with Crippen molar-refractivity contribution in [3.8, 4) is 0 Å². The van der Waals surface area contributed by atoms with Crippen molar-refractivity contribution in [1.29, 1.82) is 0 Å². The number of rotatable bonds is 3. The molecule has 3 nitrogen and oxygen atoms in total. The summed E-state index contributed by atoms with van der Waals surface area (Å²) < 4.78 is 0. The number of aryl methyl sites for hydroxylation is 1. The van der Waals surface area contributed by atoms with Crippen LogP contribution >= 0.6 is 11.8 Å². The number of ketones is 1. The van der Waals surface area contributed by atoms with Crippen LogP contribution in [0.4, 0.5) is 4.79 Å². The van der Waals surface area contributed by atoms with Gasteiger partial charge in [0.1, 0.15) is 0 Å². The minimum Gasteiger partial charge on any atom is -0.339 e. The number of benzene rings is 2. The zero-order valence-electron chi connectivity index (χ0n) is 18.6. The van der Waals surface area contributed by atoms with Gasteiger partial charge in [-0.3, -0.25) is 9.59 Å². The Hall–Kier alpha value is -2.07. The van der Waals surface area contributed by atoms with Gasteiger partial charge in [-0.2, -0.15) is 0 Å². The van der Waals surface area contributed by atoms with E-state index in [1.807, 2.05) is 31.2 Å². The van der Waals surface area contributed by atoms with Gasteiger partial charge >= 0.3 is 0 Å². The molecule has 0 spiro atoms. The van der Waals surface area contributed by atoms with E-state index in [1.54, 1.807) is 19.0 Å². The van der Waals surface area contributed by atoms with Crippen LogP contribution in [0.25, 0.3) is 0 Å². The van der Waals surface area contributed by atoms with Gasteiger partial charge in [-0.25, -0.2) is 0 Å². The number of nitrogens with zero attached hydrogens (tertiary/aromatic N) is 1. The Morgan fingerprint density at radius 1 is 0.897 bits per heavy atom. The fourth-order valence-electron chi connectivity index (χ4n) is 3.99. The molecule has 0 unspecified atom stereocenters. The average Bonchev–Trinajstić information content (AvgIpc) is 2.65. The third kappa shape index (κ3) is 4.28. The maximum absolute atomic E-state index is 13.3. The van der Waals surface area contributed by atoms with Crippen molar-refractivity contribution in [3.05, 3.63) is 64.2 Å². The molecule has 2 aromatic rings. The van der Waals surface area contributed by atoms with Gasteiger partial charge in [-0.05, 0) is 89.4 Å². The van der Waals surface area contributed by atoms with E-state index in [0.29, 0.717) is 5.56 Å². The lowest BCUT2D eigenvalue weighted by molar-refractivity contribution is 0.103. The fraction of sp³-hybridized carbons (Fsp3) is 0.440. The second kappa shape index (κ2) is 7.64. The largest absolute Gasteiger partial charge is 0.339 e. The fourth-order valence-corrected chi connectivity index (χ4v) is 4.65. The van der Waals surface area contributed by atoms with Crippen LogP contribution in [0.5, 0.6) is 0 Å². The van der Waals surface area contributed by atoms with Crippen LogP contribution in [0.15, 0.2) is 41.3 Å². The quantitative estimate of drug-likeness (QED) is 0.438. The van der Waals surface area contributed by atoms with Crippen molar-refractivity contribution in [3.63, 3.8) is 0 Å². The summed E-state index contributed by atoms with van der Waals surface area (Å²) in [6, 6.07) is 11.7. The Bertz CT molecular complexity index is 956. The van der Waals surface area contributed by atoms with Gasteiger partial charge in [0.2, 0.25) is 0 Å². The molecule has 0 radical (unpaired) electrons. The Morgan fingerprint density at radius 2 is 1.41 bits per heavy atom. The van der Waals surface area contributed by atoms with Gasteiger partial charge in [0.05, 0.1) is 0 Å². The smallest absolute Gasteiger partial charge is 0.285 e. The van der Waals surface area contributed by atoms with Crippen LogP contribution in [0.1, 0.15) is 73.1 Å². The molecule has 1 aliphatic rings. The topological polar surface area (TPSA) is 37.4 Å². The summed E-state index contributed by atoms with van der Waals surface area (Å²) >= 11 is 1.16. The minimum atomic E-state index is -0.0283. The SMILES string of the molecule is Cc1cc2c(cc1C(=O)c1ccc(SC(=O)N(C)C)cc1)C(C)(C)CCC2(C)C. The number of carbonyl (C=O) groups is 2. The number of fused-ring (bicyclic) bond motifs is 1. The highest BCUT2D eigenvalue weighted by molar-refractivity contribution is 8.13. The maximum Gasteiger partial charge on any atom is 0.285 e. The first-order valence-electron chi connectivity index (χ1n) is 10.1. The second-order valence-corrected chi connectivity index (χ2v) is 10.6. The zero-order valence-corrected chi connectivity index (χ0v) is 19.4. The van der Waals surface area contributed by atoms with Crippen LogP contribution in [0.3, 0.4) is 0 Å². The van der Waals surface area contributed by atoms with E-state index in [4.69, 9.17) is 0 Å². The molecule has 3 rings (SSSR count). The third-order valence-corrected chi connectivity index (χ3v) is 7.18. The normalized spacial score (nSPS) is 16.8. The van der Waals surface area contributed by atoms with Gasteiger partial charge in [0.25, 0.3) is 5.24 Å². The summed E-state index contributed by atoms with van der Waals surface area (Å²) in [5.41, 5.74) is 5.33. The van der Waals surface area contributed by atoms with Crippen LogP contribution in [-0.4, -0.2) is 30.0 Å². The Labute approximate surface area is 178 Å². The van der Waals surface area contributed by atoms with Crippen LogP contribution in [0.2, 0.25) is 0 Å². The van der Waals surface area contributed by atoms with Crippen molar-refractivity contribution >= 4 is 22.8 Å². The molecule has 4 heteroatoms. The van der Waals surface area contributed by atoms with E-state index in [1.165, 1.54) is 11.1 Å². The predicted octanol–water partition coefficient (Wildman–Crippen LogP) is 6.35. The van der Waals surface area contributed by atoms with Gasteiger partial charge < -0.3 is 4.90 Å². The molecule has 0 atom stereocenters. The number of carbonyl (C=O) groups excluding carboxylic acids is 2. The number of hydrogen-bond donors (Lipinski definition) is 0. The zero-order chi connectivity index (χ0) is 21.6. The molecule has 0 aliphatic heterocycles. The summed E-state index contributed by atoms with van der Waals surface area (Å²) in [5, 5.41) is -0.0283. The van der Waals surface area contributed by atoms with Crippen LogP contribution < -0.4 is 0 Å². The van der Waals surface area contributed by atoms with E-state index >= 15 is 0 Å². The lowest BCUT2D eigenvalue weighted by Crippen LogP contribution is -2.34. The molecular weight excluding hydrogens is 378 g/mol. The predicted molar refractivity (Wildman–Crippen MR) is 121 cm³/mol. The maximum atomic E-state index is 13.3. The highest BCUT2D eigenvalue weighted by Gasteiger charge is 2.37. The molecule has 0 heterocycles. The monoisotopic (exact) mass is 409 g/mol. The van der Waals surface area contributed by atoms with Gasteiger partial charge in [-0.15, -0.1) is 0 Å². The van der Waals surface area contributed by atoms with Gasteiger partial charge in [-0.1, -0.05) is 33.8 Å². The number of hydrogen-bond acceptors (Lipinski definition) is 3. The first-order valence-corrected chi connectivity index (χ1v) is 10.9. The van der Waals surface area contributed by atoms with Crippen molar-refractivity contribution < 1.29 is 9.59 Å². The molecule has 1 amide bonds. The summed E-state index contributed by atoms with van der Waals surface area (Å²) in [5.74, 6) is 0.0416. The van der Waals surface area contributed by atoms with E-state index in [9.17, 15) is 9.59 Å². The Morgan fingerprint density at radius 3 is 1.93 bits per heavy atom. The molecule has 0 fully saturated rings. The Kier molecular flexibility index (Phi) is 5.70. The summed E-state index contributed by atoms with van der Waals surface area (Å²) in [7, 11) is 3.46. The van der Waals surface area contributed by atoms with Gasteiger partial charge in [0.15, 0.2) is 5.78 Å². The van der Waals surface area contributed by atoms with E-state index in [2.05, 4.69) is 39.8 Å². The highest BCUT2D eigenvalue weighted by Crippen LogP contribution is 2.46. The first-order chi connectivity index (χ1) is 13.4. The highest BCUT2D eigenvalue weighted by atomic mass is 32.2. The van der Waals surface area contributed by atoms with Crippen molar-refractivity contribution in [2.24, 2.45) is 0 Å². The molecule has 154 valence electrons. The molecule has 1 aliphatic carbocycles. The van der Waals surface area contributed by atoms with Crippen LogP contribution in [0, 0.1) is 6.92 Å². The molecule has 29 heavy (non-hydrogen) atoms. The lowest BCUT2D eigenvalue weighted by Gasteiger charge is -2.42. The van der Waals surface area contributed by atoms with E-state index < -0.39 is 0 Å². The third-order valence-electron chi connectivity index (χ3n) is 6.13. The van der Waals surface area contributed by atoms with Crippen molar-refractivity contribution in [1.82, 2.24) is 4.90 Å². The molecule has 0 saturated carbocycles. The minimum absolute atomic E-state index is 0.0283. The Balaban J connectivity index is 1.95. The summed E-state index contributed by atoms with van der Waals surface area (Å²) in [4.78, 5) is 27.5. The van der Waals surface area contributed by atoms with Crippen molar-refractivity contribution in [2.45, 2.75) is 63.2 Å². The molecule has 2 aromatic carbocycles. The molecule has 0 bridgehead atoms. The van der Waals surface area contributed by atoms with Gasteiger partial charge in [0, 0.05) is 30.1 Å². The average molecular weight is 410 g/mol. The van der Waals surface area contributed by atoms with Crippen molar-refractivity contribution in [2.75, 3.05) is 14.1 Å². The molecule has 0 N–H and O–H groups in total. The van der Waals surface area contributed by atoms with Crippen LogP contribution in [-0.2, 0) is 10.8 Å². The summed E-state index contributed by atoms with van der Waals surface area (Å²) in [6.45, 7) is 11.2. The second-order valence-electron chi connectivity index (χ2n) is 9.60. The number of thioether (sulfide) groups is 1. The first kappa shape index (κ1) is 21.6. The standard InChI is InChI=1S/C25H31NO2S/c1-16-14-20-21(25(4,5)13-12-24(20,2)3)15-19(16)22(27)17-8-10-18(11-9-17)29-23(28)26(6)7/h8-11,14-15H,12-13H2,1-7H3. The summed E-state index contributed by atoms with van der Waals surface area (Å²) in [6.07, 6.45) is 2.28. The lowest BCUT2D eigenvalue weighted by atomic mass is 9.62. The molecular formula is C25H31NO2S. The molecule has 0 aromatic heterocycles. The van der Waals surface area contributed by atoms with E-state index in [0.717, 1.165) is 40.6 Å².